The molecule has 0 fully saturated rings. The van der Waals surface area contributed by atoms with Crippen molar-refractivity contribution in [2.24, 2.45) is 0 Å². The molecule has 3 aliphatic carbocycles. The van der Waals surface area contributed by atoms with Crippen LogP contribution in [0.5, 0.6) is 0 Å². The summed E-state index contributed by atoms with van der Waals surface area (Å²) in [4.78, 5) is 2.52. The summed E-state index contributed by atoms with van der Waals surface area (Å²) >= 11 is 0. The van der Waals surface area contributed by atoms with Crippen LogP contribution in [0.1, 0.15) is 72.2 Å². The number of nitrogens with zero attached hydrogens (tertiary/aromatic N) is 1. The highest BCUT2D eigenvalue weighted by Gasteiger charge is 2.46. The number of benzene rings is 9. The number of anilines is 3. The summed E-state index contributed by atoms with van der Waals surface area (Å²) in [7, 11) is 0. The van der Waals surface area contributed by atoms with E-state index in [-0.39, 0.29) is 10.8 Å². The van der Waals surface area contributed by atoms with Crippen molar-refractivity contribution < 1.29 is 0 Å². The van der Waals surface area contributed by atoms with Crippen LogP contribution in [0.3, 0.4) is 0 Å². The Bertz CT molecular complexity index is 3190. The molecule has 0 saturated carbocycles. The van der Waals surface area contributed by atoms with E-state index >= 15 is 0 Å². The first-order chi connectivity index (χ1) is 30.3. The van der Waals surface area contributed by atoms with Crippen molar-refractivity contribution in [2.75, 3.05) is 4.90 Å². The third-order valence-electron chi connectivity index (χ3n) is 14.6. The zero-order chi connectivity index (χ0) is 41.8. The lowest BCUT2D eigenvalue weighted by Gasteiger charge is -2.34. The molecule has 12 rings (SSSR count). The highest BCUT2D eigenvalue weighted by molar-refractivity contribution is 5.93. The molecule has 9 aromatic rings. The van der Waals surface area contributed by atoms with Crippen LogP contribution in [0, 0.1) is 0 Å². The largest absolute Gasteiger partial charge is 0.310 e. The highest BCUT2D eigenvalue weighted by atomic mass is 15.1. The summed E-state index contributed by atoms with van der Waals surface area (Å²) in [5, 5.41) is 0. The van der Waals surface area contributed by atoms with E-state index in [1.165, 1.54) is 89.0 Å². The van der Waals surface area contributed by atoms with Crippen molar-refractivity contribution in [1.29, 1.82) is 0 Å². The van der Waals surface area contributed by atoms with Crippen LogP contribution in [-0.4, -0.2) is 0 Å². The van der Waals surface area contributed by atoms with Gasteiger partial charge in [-0.3, -0.25) is 0 Å². The lowest BCUT2D eigenvalue weighted by atomic mass is 9.68. The van der Waals surface area contributed by atoms with Gasteiger partial charge in [-0.15, -0.1) is 0 Å². The van der Waals surface area contributed by atoms with E-state index in [1.807, 2.05) is 0 Å². The fourth-order valence-electron chi connectivity index (χ4n) is 11.5. The SMILES string of the molecule is CC1(C)c2ccccc2-c2ccc(N(c3ccc4c(c3)-c3ccccc3C4(c3ccccc3)c3ccccc3)c3ccc4c(c3)C(C)(C)c3cc(-c5ccccc5)ccc3-4)cc21. The molecular weight excluding hydrogens is 747 g/mol. The summed E-state index contributed by atoms with van der Waals surface area (Å²) in [6, 6.07) is 79.6. The van der Waals surface area contributed by atoms with E-state index in [2.05, 4.69) is 245 Å². The fourth-order valence-corrected chi connectivity index (χ4v) is 11.5. The molecule has 0 bridgehead atoms. The van der Waals surface area contributed by atoms with Crippen LogP contribution in [0.15, 0.2) is 212 Å². The van der Waals surface area contributed by atoms with E-state index in [0.29, 0.717) is 0 Å². The van der Waals surface area contributed by atoms with Gasteiger partial charge in [-0.2, -0.15) is 0 Å². The first-order valence-electron chi connectivity index (χ1n) is 22.0. The van der Waals surface area contributed by atoms with E-state index in [1.54, 1.807) is 0 Å². The number of rotatable bonds is 6. The third kappa shape index (κ3) is 5.09. The molecule has 1 nitrogen and oxygen atoms in total. The van der Waals surface area contributed by atoms with Crippen LogP contribution in [0.2, 0.25) is 0 Å². The van der Waals surface area contributed by atoms with Crippen molar-refractivity contribution in [3.05, 3.63) is 257 Å². The summed E-state index contributed by atoms with van der Waals surface area (Å²) in [6.45, 7) is 9.55. The minimum Gasteiger partial charge on any atom is -0.310 e. The number of hydrogen-bond donors (Lipinski definition) is 0. The Labute approximate surface area is 365 Å². The molecule has 0 atom stereocenters. The maximum atomic E-state index is 2.52. The maximum absolute atomic E-state index is 2.52. The molecule has 0 radical (unpaired) electrons. The average Bonchev–Trinajstić information content (AvgIpc) is 3.84. The van der Waals surface area contributed by atoms with E-state index in [0.717, 1.165) is 17.1 Å². The molecular formula is C61H47N. The molecule has 9 aromatic carbocycles. The first kappa shape index (κ1) is 36.6. The highest BCUT2D eigenvalue weighted by Crippen LogP contribution is 2.58. The zero-order valence-corrected chi connectivity index (χ0v) is 35.7. The van der Waals surface area contributed by atoms with Gasteiger partial charge in [0, 0.05) is 27.9 Å². The minimum atomic E-state index is -0.455. The Morgan fingerprint density at radius 3 is 1.27 bits per heavy atom. The van der Waals surface area contributed by atoms with Gasteiger partial charge in [0.05, 0.1) is 5.41 Å². The predicted octanol–water partition coefficient (Wildman–Crippen LogP) is 15.8. The summed E-state index contributed by atoms with van der Waals surface area (Å²) in [6.07, 6.45) is 0. The molecule has 0 saturated heterocycles. The first-order valence-corrected chi connectivity index (χ1v) is 22.0. The molecule has 0 N–H and O–H groups in total. The number of fused-ring (bicyclic) bond motifs is 9. The van der Waals surface area contributed by atoms with Gasteiger partial charge >= 0.3 is 0 Å². The van der Waals surface area contributed by atoms with Crippen molar-refractivity contribution in [3.63, 3.8) is 0 Å². The van der Waals surface area contributed by atoms with Gasteiger partial charge in [-0.25, -0.2) is 0 Å². The van der Waals surface area contributed by atoms with Crippen molar-refractivity contribution in [2.45, 2.75) is 43.9 Å². The molecule has 1 heteroatoms. The van der Waals surface area contributed by atoms with Gasteiger partial charge in [-0.1, -0.05) is 198 Å². The monoisotopic (exact) mass is 793 g/mol. The zero-order valence-electron chi connectivity index (χ0n) is 35.7. The Hall–Kier alpha value is -7.22. The maximum Gasteiger partial charge on any atom is 0.0713 e. The Morgan fingerprint density at radius 1 is 0.274 bits per heavy atom. The molecule has 3 aliphatic rings. The van der Waals surface area contributed by atoms with Gasteiger partial charge in [0.25, 0.3) is 0 Å². The van der Waals surface area contributed by atoms with Crippen molar-refractivity contribution in [3.8, 4) is 44.5 Å². The summed E-state index contributed by atoms with van der Waals surface area (Å²) in [5.41, 5.74) is 23.7. The van der Waals surface area contributed by atoms with Gasteiger partial charge < -0.3 is 4.90 Å². The van der Waals surface area contributed by atoms with Gasteiger partial charge in [0.1, 0.15) is 0 Å². The number of hydrogen-bond acceptors (Lipinski definition) is 1. The quantitative estimate of drug-likeness (QED) is 0.162. The standard InChI is InChI=1S/C61H47N/c1-59(2)53-26-16-14-24-47(53)50-33-29-45(38-57(50)59)62(46-30-34-51-49-32-28-41(40-18-8-5-9-19-40)36-56(49)60(3,4)58(51)39-46)44-31-35-55-52(37-44)48-25-15-17-27-54(48)61(55,42-20-10-6-11-21-42)43-22-12-7-13-23-43/h5-39H,1-4H3. The summed E-state index contributed by atoms with van der Waals surface area (Å²) < 4.78 is 0. The molecule has 0 amide bonds. The van der Waals surface area contributed by atoms with Crippen molar-refractivity contribution >= 4 is 17.1 Å². The average molecular weight is 794 g/mol. The second-order valence-electron chi connectivity index (χ2n) is 18.5. The van der Waals surface area contributed by atoms with E-state index in [4.69, 9.17) is 0 Å². The molecule has 0 heterocycles. The van der Waals surface area contributed by atoms with Crippen molar-refractivity contribution in [1.82, 2.24) is 0 Å². The smallest absolute Gasteiger partial charge is 0.0713 e. The lowest BCUT2D eigenvalue weighted by molar-refractivity contribution is 0.660. The van der Waals surface area contributed by atoms with Crippen LogP contribution in [-0.2, 0) is 16.2 Å². The normalized spacial score (nSPS) is 15.2. The third-order valence-corrected chi connectivity index (χ3v) is 14.6. The topological polar surface area (TPSA) is 3.24 Å². The molecule has 0 aliphatic heterocycles. The second kappa shape index (κ2) is 13.4. The van der Waals surface area contributed by atoms with Crippen LogP contribution >= 0.6 is 0 Å². The van der Waals surface area contributed by atoms with E-state index in [9.17, 15) is 0 Å². The lowest BCUT2D eigenvalue weighted by Crippen LogP contribution is -2.28. The van der Waals surface area contributed by atoms with Crippen LogP contribution in [0.25, 0.3) is 44.5 Å². The predicted molar refractivity (Wildman–Crippen MR) is 259 cm³/mol. The Kier molecular flexibility index (Phi) is 7.91. The van der Waals surface area contributed by atoms with Gasteiger partial charge in [-0.05, 0) is 131 Å². The van der Waals surface area contributed by atoms with E-state index < -0.39 is 5.41 Å². The Balaban J connectivity index is 1.07. The van der Waals surface area contributed by atoms with Crippen LogP contribution < -0.4 is 4.90 Å². The second-order valence-corrected chi connectivity index (χ2v) is 18.5. The molecule has 0 aromatic heterocycles. The molecule has 296 valence electrons. The van der Waals surface area contributed by atoms with Crippen LogP contribution in [0.4, 0.5) is 17.1 Å². The fraction of sp³-hybridized carbons (Fsp3) is 0.115. The Morgan fingerprint density at radius 2 is 0.677 bits per heavy atom. The molecule has 0 unspecified atom stereocenters. The van der Waals surface area contributed by atoms with Gasteiger partial charge in [0.15, 0.2) is 0 Å². The minimum absolute atomic E-state index is 0.131. The summed E-state index contributed by atoms with van der Waals surface area (Å²) in [5.74, 6) is 0. The molecule has 0 spiro atoms. The van der Waals surface area contributed by atoms with Gasteiger partial charge in [0.2, 0.25) is 0 Å². The molecule has 62 heavy (non-hydrogen) atoms.